The Balaban J connectivity index is 1.54. The first-order chi connectivity index (χ1) is 14.5. The SMILES string of the molecule is C#CCCC1(CCC(=O)N2CCc3cc(O)c(O)cc3C(c3ccccc3)C2)N=N1. The predicted octanol–water partition coefficient (Wildman–Crippen LogP) is 3.97. The molecule has 2 aromatic carbocycles. The molecule has 154 valence electrons. The van der Waals surface area contributed by atoms with Crippen LogP contribution >= 0.6 is 0 Å². The molecule has 0 spiro atoms. The standard InChI is InChI=1S/C24H25N3O3/c1-2-3-11-24(25-26-24)12-9-23(30)27-13-10-18-14-21(28)22(29)15-19(18)20(16-27)17-7-5-4-6-8-17/h1,4-8,14-15,20,28-29H,3,9-13,16H2. The largest absolute Gasteiger partial charge is 0.504 e. The van der Waals surface area contributed by atoms with Crippen LogP contribution in [0.5, 0.6) is 11.5 Å². The summed E-state index contributed by atoms with van der Waals surface area (Å²) >= 11 is 0. The molecule has 0 aliphatic carbocycles. The summed E-state index contributed by atoms with van der Waals surface area (Å²) < 4.78 is 0. The van der Waals surface area contributed by atoms with Crippen LogP contribution in [0.4, 0.5) is 0 Å². The number of rotatable bonds is 6. The fourth-order valence-corrected chi connectivity index (χ4v) is 4.17. The van der Waals surface area contributed by atoms with Crippen molar-refractivity contribution in [2.24, 2.45) is 10.2 Å². The highest BCUT2D eigenvalue weighted by Crippen LogP contribution is 2.39. The number of amides is 1. The average molecular weight is 403 g/mol. The Bertz CT molecular complexity index is 1000. The lowest BCUT2D eigenvalue weighted by molar-refractivity contribution is -0.131. The van der Waals surface area contributed by atoms with Crippen molar-refractivity contribution >= 4 is 5.91 Å². The van der Waals surface area contributed by atoms with E-state index in [4.69, 9.17) is 6.42 Å². The lowest BCUT2D eigenvalue weighted by Gasteiger charge is -2.26. The van der Waals surface area contributed by atoms with E-state index < -0.39 is 5.66 Å². The van der Waals surface area contributed by atoms with Crippen molar-refractivity contribution in [3.63, 3.8) is 0 Å². The molecule has 4 rings (SSSR count). The summed E-state index contributed by atoms with van der Waals surface area (Å²) in [6.45, 7) is 1.08. The molecular weight excluding hydrogens is 378 g/mol. The second-order valence-corrected chi connectivity index (χ2v) is 7.98. The molecule has 0 saturated carbocycles. The molecule has 0 fully saturated rings. The van der Waals surface area contributed by atoms with Gasteiger partial charge >= 0.3 is 0 Å². The van der Waals surface area contributed by atoms with Crippen LogP contribution in [0, 0.1) is 12.3 Å². The van der Waals surface area contributed by atoms with Crippen molar-refractivity contribution < 1.29 is 15.0 Å². The molecule has 1 amide bonds. The third-order valence-electron chi connectivity index (χ3n) is 6.01. The molecule has 2 aliphatic rings. The zero-order valence-corrected chi connectivity index (χ0v) is 16.8. The number of phenols is 2. The smallest absolute Gasteiger partial charge is 0.222 e. The maximum absolute atomic E-state index is 13.1. The van der Waals surface area contributed by atoms with Gasteiger partial charge in [0.2, 0.25) is 5.91 Å². The number of fused-ring (bicyclic) bond motifs is 1. The monoisotopic (exact) mass is 403 g/mol. The molecule has 0 bridgehead atoms. The van der Waals surface area contributed by atoms with Crippen molar-refractivity contribution in [1.82, 2.24) is 4.90 Å². The molecule has 1 atom stereocenters. The van der Waals surface area contributed by atoms with Gasteiger partial charge in [0.15, 0.2) is 17.2 Å². The number of benzene rings is 2. The van der Waals surface area contributed by atoms with Crippen molar-refractivity contribution in [2.45, 2.75) is 43.7 Å². The van der Waals surface area contributed by atoms with E-state index in [0.29, 0.717) is 45.2 Å². The van der Waals surface area contributed by atoms with E-state index in [1.807, 2.05) is 35.2 Å². The minimum atomic E-state index is -0.465. The average Bonchev–Trinajstić information content (AvgIpc) is 3.56. The minimum Gasteiger partial charge on any atom is -0.504 e. The van der Waals surface area contributed by atoms with Crippen molar-refractivity contribution in [3.8, 4) is 23.8 Å². The van der Waals surface area contributed by atoms with Crippen molar-refractivity contribution in [3.05, 3.63) is 59.2 Å². The molecular formula is C24H25N3O3. The first-order valence-electron chi connectivity index (χ1n) is 10.3. The molecule has 0 saturated heterocycles. The first-order valence-corrected chi connectivity index (χ1v) is 10.3. The number of aromatic hydroxyl groups is 2. The Kier molecular flexibility index (Phi) is 5.45. The van der Waals surface area contributed by atoms with Gasteiger partial charge in [-0.2, -0.15) is 10.2 Å². The number of terminal acetylenes is 1. The summed E-state index contributed by atoms with van der Waals surface area (Å²) in [6, 6.07) is 13.2. The van der Waals surface area contributed by atoms with Gasteiger partial charge in [-0.25, -0.2) is 0 Å². The summed E-state index contributed by atoms with van der Waals surface area (Å²) in [7, 11) is 0. The molecule has 6 heteroatoms. The zero-order chi connectivity index (χ0) is 21.1. The molecule has 2 aliphatic heterocycles. The fraction of sp³-hybridized carbons (Fsp3) is 0.375. The molecule has 0 radical (unpaired) electrons. The minimum absolute atomic E-state index is 0.0644. The van der Waals surface area contributed by atoms with Crippen molar-refractivity contribution in [2.75, 3.05) is 13.1 Å². The molecule has 2 aromatic rings. The lowest BCUT2D eigenvalue weighted by atomic mass is 9.87. The van der Waals surface area contributed by atoms with Gasteiger partial charge in [-0.05, 0) is 35.2 Å². The molecule has 30 heavy (non-hydrogen) atoms. The van der Waals surface area contributed by atoms with Crippen LogP contribution in [0.3, 0.4) is 0 Å². The predicted molar refractivity (Wildman–Crippen MR) is 113 cm³/mol. The number of phenolic OH excluding ortho intramolecular Hbond substituents is 2. The van der Waals surface area contributed by atoms with Crippen LogP contribution in [-0.2, 0) is 11.2 Å². The first kappa shape index (κ1) is 20.0. The van der Waals surface area contributed by atoms with Gasteiger partial charge in [-0.3, -0.25) is 4.79 Å². The quantitative estimate of drug-likeness (QED) is 0.565. The van der Waals surface area contributed by atoms with Crippen LogP contribution in [0.15, 0.2) is 52.7 Å². The van der Waals surface area contributed by atoms with Crippen LogP contribution < -0.4 is 0 Å². The van der Waals surface area contributed by atoms with E-state index in [-0.39, 0.29) is 23.3 Å². The highest BCUT2D eigenvalue weighted by atomic mass is 16.3. The summed E-state index contributed by atoms with van der Waals surface area (Å²) in [5.41, 5.74) is 2.51. The van der Waals surface area contributed by atoms with Crippen LogP contribution in [-0.4, -0.2) is 39.8 Å². The maximum atomic E-state index is 13.1. The molecule has 2 N–H and O–H groups in total. The molecule has 1 unspecified atom stereocenters. The molecule has 6 nitrogen and oxygen atoms in total. The maximum Gasteiger partial charge on any atom is 0.222 e. The number of hydrogen-bond donors (Lipinski definition) is 2. The van der Waals surface area contributed by atoms with E-state index in [9.17, 15) is 15.0 Å². The highest BCUT2D eigenvalue weighted by Gasteiger charge is 2.40. The van der Waals surface area contributed by atoms with E-state index in [2.05, 4.69) is 16.1 Å². The third-order valence-corrected chi connectivity index (χ3v) is 6.01. The summed E-state index contributed by atoms with van der Waals surface area (Å²) in [5, 5.41) is 28.3. The van der Waals surface area contributed by atoms with Gasteiger partial charge in [-0.15, -0.1) is 12.3 Å². The number of carbonyl (C=O) groups excluding carboxylic acids is 1. The normalized spacial score (nSPS) is 18.9. The summed E-state index contributed by atoms with van der Waals surface area (Å²) in [5.74, 6) is 2.33. The molecule has 2 heterocycles. The van der Waals surface area contributed by atoms with Crippen LogP contribution in [0.1, 0.15) is 48.3 Å². The zero-order valence-electron chi connectivity index (χ0n) is 16.8. The highest BCUT2D eigenvalue weighted by molar-refractivity contribution is 5.76. The topological polar surface area (TPSA) is 85.5 Å². The van der Waals surface area contributed by atoms with Crippen LogP contribution in [0.25, 0.3) is 0 Å². The van der Waals surface area contributed by atoms with Gasteiger partial charge in [0.25, 0.3) is 0 Å². The number of nitrogens with zero attached hydrogens (tertiary/aromatic N) is 3. The van der Waals surface area contributed by atoms with E-state index in [0.717, 1.165) is 16.7 Å². The molecule has 0 aromatic heterocycles. The van der Waals surface area contributed by atoms with E-state index in [1.165, 1.54) is 0 Å². The van der Waals surface area contributed by atoms with Gasteiger partial charge in [0.05, 0.1) is 0 Å². The van der Waals surface area contributed by atoms with Crippen molar-refractivity contribution in [1.29, 1.82) is 0 Å². The Hall–Kier alpha value is -3.33. The lowest BCUT2D eigenvalue weighted by Crippen LogP contribution is -2.35. The Morgan fingerprint density at radius 3 is 2.60 bits per heavy atom. The third kappa shape index (κ3) is 4.16. The summed E-state index contributed by atoms with van der Waals surface area (Å²) in [6.07, 6.45) is 8.20. The van der Waals surface area contributed by atoms with Gasteiger partial charge < -0.3 is 15.1 Å². The fourth-order valence-electron chi connectivity index (χ4n) is 4.17. The van der Waals surface area contributed by atoms with Gasteiger partial charge in [0, 0.05) is 44.7 Å². The Labute approximate surface area is 176 Å². The summed E-state index contributed by atoms with van der Waals surface area (Å²) in [4.78, 5) is 14.9. The second kappa shape index (κ2) is 8.19. The number of hydrogen-bond acceptors (Lipinski definition) is 5. The Morgan fingerprint density at radius 1 is 1.17 bits per heavy atom. The Morgan fingerprint density at radius 2 is 1.90 bits per heavy atom. The van der Waals surface area contributed by atoms with E-state index in [1.54, 1.807) is 12.1 Å². The van der Waals surface area contributed by atoms with E-state index >= 15 is 0 Å². The van der Waals surface area contributed by atoms with Gasteiger partial charge in [-0.1, -0.05) is 30.3 Å². The van der Waals surface area contributed by atoms with Gasteiger partial charge in [0.1, 0.15) is 0 Å². The number of carbonyl (C=O) groups is 1. The van der Waals surface area contributed by atoms with Crippen LogP contribution in [0.2, 0.25) is 0 Å². The second-order valence-electron chi connectivity index (χ2n) is 7.98.